The zero-order valence-corrected chi connectivity index (χ0v) is 18.6. The molecule has 2 N–H and O–H groups in total. The van der Waals surface area contributed by atoms with E-state index in [1.54, 1.807) is 36.5 Å². The van der Waals surface area contributed by atoms with Crippen molar-refractivity contribution in [2.45, 2.75) is 13.0 Å². The fraction of sp³-hybridized carbons (Fsp3) is 0.160. The van der Waals surface area contributed by atoms with E-state index in [1.807, 2.05) is 24.3 Å². The molecule has 8 heteroatoms. The monoisotopic (exact) mass is 460 g/mol. The molecule has 4 rings (SSSR count). The largest absolute Gasteiger partial charge is 0.495 e. The molecule has 7 nitrogen and oxygen atoms in total. The zero-order valence-electron chi connectivity index (χ0n) is 17.9. The number of anilines is 1. The van der Waals surface area contributed by atoms with E-state index in [0.29, 0.717) is 52.7 Å². The molecule has 0 atom stereocenters. The molecule has 2 heterocycles. The standard InChI is InChI=1S/C25H21ClN4O3/c1-32-22-13-20(7-5-17(22)14-27)29-15-18-12-16-6-8-21(23(26)24(16)30-25(18)31)33-11-9-19-4-2-3-10-28-19/h2-8,10,12-13,29H,9,11,15H2,1H3,(H,30,31). The van der Waals surface area contributed by atoms with E-state index in [4.69, 9.17) is 26.3 Å². The quantitative estimate of drug-likeness (QED) is 0.395. The van der Waals surface area contributed by atoms with Crippen LogP contribution in [-0.2, 0) is 13.0 Å². The Bertz CT molecular complexity index is 1380. The van der Waals surface area contributed by atoms with Crippen LogP contribution in [0.2, 0.25) is 5.02 Å². The minimum absolute atomic E-state index is 0.247. The summed E-state index contributed by atoms with van der Waals surface area (Å²) in [7, 11) is 1.51. The lowest BCUT2D eigenvalue weighted by Gasteiger charge is -2.12. The first kappa shape index (κ1) is 22.2. The summed E-state index contributed by atoms with van der Waals surface area (Å²) in [6.45, 7) is 0.711. The number of halogens is 1. The molecule has 4 aromatic rings. The average molecular weight is 461 g/mol. The molecule has 0 unspecified atom stereocenters. The van der Waals surface area contributed by atoms with E-state index in [-0.39, 0.29) is 5.56 Å². The molecule has 2 aromatic heterocycles. The van der Waals surface area contributed by atoms with Crippen molar-refractivity contribution in [2.24, 2.45) is 0 Å². The number of nitrogens with one attached hydrogen (secondary N) is 2. The van der Waals surface area contributed by atoms with Crippen molar-refractivity contribution in [3.05, 3.63) is 93.0 Å². The number of hydrogen-bond donors (Lipinski definition) is 2. The third-order valence-corrected chi connectivity index (χ3v) is 5.52. The Morgan fingerprint density at radius 3 is 2.79 bits per heavy atom. The predicted octanol–water partition coefficient (Wildman–Crippen LogP) is 4.69. The van der Waals surface area contributed by atoms with E-state index in [2.05, 4.69) is 21.4 Å². The predicted molar refractivity (Wildman–Crippen MR) is 128 cm³/mol. The summed E-state index contributed by atoms with van der Waals surface area (Å²) in [5.41, 5.74) is 2.94. The molecule has 0 aliphatic rings. The highest BCUT2D eigenvalue weighted by atomic mass is 35.5. The van der Waals surface area contributed by atoms with Crippen molar-refractivity contribution in [1.82, 2.24) is 9.97 Å². The van der Waals surface area contributed by atoms with Crippen LogP contribution in [0.25, 0.3) is 10.9 Å². The second-order valence-electron chi connectivity index (χ2n) is 7.27. The summed E-state index contributed by atoms with van der Waals surface area (Å²) in [5.74, 6) is 0.976. The second kappa shape index (κ2) is 10.1. The maximum absolute atomic E-state index is 12.7. The van der Waals surface area contributed by atoms with Gasteiger partial charge < -0.3 is 19.8 Å². The topological polar surface area (TPSA) is 100 Å². The minimum atomic E-state index is -0.247. The zero-order chi connectivity index (χ0) is 23.2. The first-order valence-corrected chi connectivity index (χ1v) is 10.7. The van der Waals surface area contributed by atoms with E-state index in [0.717, 1.165) is 16.8 Å². The Morgan fingerprint density at radius 1 is 1.15 bits per heavy atom. The van der Waals surface area contributed by atoms with Crippen molar-refractivity contribution in [3.8, 4) is 17.6 Å². The summed E-state index contributed by atoms with van der Waals surface area (Å²) < 4.78 is 11.1. The second-order valence-corrected chi connectivity index (χ2v) is 7.64. The number of hydrogen-bond acceptors (Lipinski definition) is 6. The summed E-state index contributed by atoms with van der Waals surface area (Å²) in [6, 6.07) is 18.4. The minimum Gasteiger partial charge on any atom is -0.495 e. The maximum Gasteiger partial charge on any atom is 0.253 e. The summed E-state index contributed by atoms with van der Waals surface area (Å²) >= 11 is 6.52. The highest BCUT2D eigenvalue weighted by Gasteiger charge is 2.11. The van der Waals surface area contributed by atoms with Gasteiger partial charge in [0.1, 0.15) is 22.6 Å². The van der Waals surface area contributed by atoms with E-state index >= 15 is 0 Å². The van der Waals surface area contributed by atoms with E-state index in [1.165, 1.54) is 7.11 Å². The van der Waals surface area contributed by atoms with Gasteiger partial charge in [-0.15, -0.1) is 0 Å². The van der Waals surface area contributed by atoms with Gasteiger partial charge in [-0.25, -0.2) is 0 Å². The Kier molecular flexibility index (Phi) is 6.77. The maximum atomic E-state index is 12.7. The van der Waals surface area contributed by atoms with Crippen molar-refractivity contribution >= 4 is 28.2 Å². The number of fused-ring (bicyclic) bond motifs is 1. The molecule has 0 bridgehead atoms. The van der Waals surface area contributed by atoms with Crippen LogP contribution in [0.4, 0.5) is 5.69 Å². The van der Waals surface area contributed by atoms with Crippen molar-refractivity contribution in [3.63, 3.8) is 0 Å². The molecule has 0 saturated heterocycles. The number of nitrogens with zero attached hydrogens (tertiary/aromatic N) is 2. The lowest BCUT2D eigenvalue weighted by atomic mass is 10.1. The molecular weight excluding hydrogens is 440 g/mol. The lowest BCUT2D eigenvalue weighted by Crippen LogP contribution is -2.16. The number of aromatic nitrogens is 2. The van der Waals surface area contributed by atoms with Gasteiger partial charge in [0.05, 0.1) is 24.8 Å². The van der Waals surface area contributed by atoms with Gasteiger partial charge in [-0.3, -0.25) is 9.78 Å². The van der Waals surface area contributed by atoms with Crippen LogP contribution in [0.3, 0.4) is 0 Å². The Hall–Kier alpha value is -4.02. The molecule has 0 radical (unpaired) electrons. The van der Waals surface area contributed by atoms with Gasteiger partial charge in [0.15, 0.2) is 0 Å². The van der Waals surface area contributed by atoms with Gasteiger partial charge in [0.25, 0.3) is 5.56 Å². The SMILES string of the molecule is COc1cc(NCc2cc3ccc(OCCc4ccccn4)c(Cl)c3[nH]c2=O)ccc1C#N. The van der Waals surface area contributed by atoms with Crippen molar-refractivity contribution < 1.29 is 9.47 Å². The van der Waals surface area contributed by atoms with Gasteiger partial charge in [0, 0.05) is 47.6 Å². The Labute approximate surface area is 195 Å². The van der Waals surface area contributed by atoms with Crippen LogP contribution in [-0.4, -0.2) is 23.7 Å². The average Bonchev–Trinajstić information content (AvgIpc) is 2.85. The normalized spacial score (nSPS) is 10.6. The number of nitriles is 1. The van der Waals surface area contributed by atoms with Crippen LogP contribution >= 0.6 is 11.6 Å². The fourth-order valence-electron chi connectivity index (χ4n) is 3.41. The first-order valence-electron chi connectivity index (χ1n) is 10.3. The number of pyridine rings is 2. The number of benzene rings is 2. The van der Waals surface area contributed by atoms with Crippen molar-refractivity contribution in [2.75, 3.05) is 19.0 Å². The van der Waals surface area contributed by atoms with Gasteiger partial charge >= 0.3 is 0 Å². The summed E-state index contributed by atoms with van der Waals surface area (Å²) in [4.78, 5) is 19.8. The fourth-order valence-corrected chi connectivity index (χ4v) is 3.69. The molecule has 0 saturated carbocycles. The number of methoxy groups -OCH3 is 1. The Balaban J connectivity index is 1.49. The van der Waals surface area contributed by atoms with Gasteiger partial charge in [0.2, 0.25) is 0 Å². The van der Waals surface area contributed by atoms with Gasteiger partial charge in [-0.05, 0) is 42.5 Å². The number of H-pyrrole nitrogens is 1. The van der Waals surface area contributed by atoms with Crippen LogP contribution in [0.15, 0.2) is 65.6 Å². The third-order valence-electron chi connectivity index (χ3n) is 5.15. The Morgan fingerprint density at radius 2 is 2.03 bits per heavy atom. The summed E-state index contributed by atoms with van der Waals surface area (Å²) in [6.07, 6.45) is 2.39. The van der Waals surface area contributed by atoms with Crippen LogP contribution in [0.5, 0.6) is 11.5 Å². The van der Waals surface area contributed by atoms with Gasteiger partial charge in [-0.1, -0.05) is 17.7 Å². The lowest BCUT2D eigenvalue weighted by molar-refractivity contribution is 0.321. The first-order chi connectivity index (χ1) is 16.1. The molecule has 166 valence electrons. The number of aromatic amines is 1. The van der Waals surface area contributed by atoms with E-state index < -0.39 is 0 Å². The molecule has 33 heavy (non-hydrogen) atoms. The van der Waals surface area contributed by atoms with Crippen LogP contribution in [0.1, 0.15) is 16.8 Å². The van der Waals surface area contributed by atoms with Crippen molar-refractivity contribution in [1.29, 1.82) is 5.26 Å². The number of rotatable bonds is 8. The molecule has 0 aliphatic carbocycles. The molecule has 2 aromatic carbocycles. The van der Waals surface area contributed by atoms with E-state index in [9.17, 15) is 4.79 Å². The number of ether oxygens (including phenoxy) is 2. The summed E-state index contributed by atoms with van der Waals surface area (Å²) in [5, 5.41) is 13.5. The molecule has 0 spiro atoms. The molecule has 0 aliphatic heterocycles. The smallest absolute Gasteiger partial charge is 0.253 e. The van der Waals surface area contributed by atoms with Crippen LogP contribution in [0, 0.1) is 11.3 Å². The molecule has 0 amide bonds. The molecular formula is C25H21ClN4O3. The third kappa shape index (κ3) is 5.08. The highest BCUT2D eigenvalue weighted by Crippen LogP contribution is 2.31. The molecule has 0 fully saturated rings. The van der Waals surface area contributed by atoms with Gasteiger partial charge in [-0.2, -0.15) is 5.26 Å². The highest BCUT2D eigenvalue weighted by molar-refractivity contribution is 6.36. The van der Waals surface area contributed by atoms with Crippen LogP contribution < -0.4 is 20.3 Å².